The van der Waals surface area contributed by atoms with Gasteiger partial charge in [0.05, 0.1) is 12.2 Å². The lowest BCUT2D eigenvalue weighted by molar-refractivity contribution is -0.147. The molecule has 2 aromatic rings. The van der Waals surface area contributed by atoms with E-state index in [4.69, 9.17) is 21.1 Å². The van der Waals surface area contributed by atoms with Crippen molar-refractivity contribution < 1.29 is 28.7 Å². The summed E-state index contributed by atoms with van der Waals surface area (Å²) >= 11 is 5.79. The van der Waals surface area contributed by atoms with Crippen molar-refractivity contribution in [3.8, 4) is 0 Å². The number of halogens is 1. The summed E-state index contributed by atoms with van der Waals surface area (Å²) in [5.74, 6) is -1.76. The van der Waals surface area contributed by atoms with Gasteiger partial charge in [-0.15, -0.1) is 0 Å². The fourth-order valence-electron chi connectivity index (χ4n) is 2.53. The molecule has 32 heavy (non-hydrogen) atoms. The highest BCUT2D eigenvalue weighted by molar-refractivity contribution is 6.30. The van der Waals surface area contributed by atoms with Crippen LogP contribution in [0.3, 0.4) is 0 Å². The zero-order valence-electron chi connectivity index (χ0n) is 17.7. The Hall–Kier alpha value is -3.39. The highest BCUT2D eigenvalue weighted by Crippen LogP contribution is 2.14. The Labute approximate surface area is 191 Å². The second-order valence-corrected chi connectivity index (χ2v) is 7.27. The van der Waals surface area contributed by atoms with E-state index in [1.165, 1.54) is 12.1 Å². The predicted molar refractivity (Wildman–Crippen MR) is 121 cm³/mol. The van der Waals surface area contributed by atoms with Crippen LogP contribution in [0.4, 0.5) is 11.4 Å². The van der Waals surface area contributed by atoms with E-state index in [1.807, 2.05) is 6.92 Å². The van der Waals surface area contributed by atoms with E-state index in [9.17, 15) is 19.2 Å². The molecule has 0 saturated heterocycles. The third-order valence-corrected chi connectivity index (χ3v) is 4.37. The van der Waals surface area contributed by atoms with E-state index in [0.717, 1.165) is 6.42 Å². The van der Waals surface area contributed by atoms with Crippen molar-refractivity contribution in [3.05, 3.63) is 59.1 Å². The maximum atomic E-state index is 11.9. The molecule has 0 saturated carbocycles. The van der Waals surface area contributed by atoms with Gasteiger partial charge in [0.15, 0.2) is 6.61 Å². The summed E-state index contributed by atoms with van der Waals surface area (Å²) in [5.41, 5.74) is 1.45. The van der Waals surface area contributed by atoms with E-state index in [1.54, 1.807) is 36.4 Å². The number of benzene rings is 2. The molecule has 0 radical (unpaired) electrons. The fraction of sp³-hybridized carbons (Fsp3) is 0.304. The number of amides is 2. The van der Waals surface area contributed by atoms with E-state index in [-0.39, 0.29) is 25.2 Å². The lowest BCUT2D eigenvalue weighted by Gasteiger charge is -2.08. The molecular formula is C23H25ClN2O6. The number of esters is 2. The summed E-state index contributed by atoms with van der Waals surface area (Å²) in [4.78, 5) is 47.3. The van der Waals surface area contributed by atoms with Gasteiger partial charge in [-0.25, -0.2) is 4.79 Å². The molecule has 0 aliphatic heterocycles. The number of carbonyl (C=O) groups excluding carboxylic acids is 4. The molecule has 0 aliphatic rings. The van der Waals surface area contributed by atoms with Crippen LogP contribution in [0, 0.1) is 0 Å². The summed E-state index contributed by atoms with van der Waals surface area (Å²) in [6.45, 7) is 1.80. The van der Waals surface area contributed by atoms with Gasteiger partial charge in [-0.2, -0.15) is 0 Å². The van der Waals surface area contributed by atoms with Crippen molar-refractivity contribution in [2.24, 2.45) is 0 Å². The predicted octanol–water partition coefficient (Wildman–Crippen LogP) is 4.20. The van der Waals surface area contributed by atoms with Gasteiger partial charge in [0.1, 0.15) is 0 Å². The molecule has 2 amide bonds. The normalized spacial score (nSPS) is 10.2. The topological polar surface area (TPSA) is 111 Å². The van der Waals surface area contributed by atoms with Gasteiger partial charge < -0.3 is 20.1 Å². The first-order valence-corrected chi connectivity index (χ1v) is 10.5. The zero-order chi connectivity index (χ0) is 23.3. The zero-order valence-corrected chi connectivity index (χ0v) is 18.4. The molecule has 2 aromatic carbocycles. The Balaban J connectivity index is 1.64. The lowest BCUT2D eigenvalue weighted by Crippen LogP contribution is -2.21. The Morgan fingerprint density at radius 2 is 1.41 bits per heavy atom. The number of nitrogens with one attached hydrogen (secondary N) is 2. The lowest BCUT2D eigenvalue weighted by atomic mass is 10.2. The third-order valence-electron chi connectivity index (χ3n) is 4.12. The molecular weight excluding hydrogens is 436 g/mol. The third kappa shape index (κ3) is 9.18. The standard InChI is InChI=1S/C23H25ClN2O6/c1-2-14-31-23(30)16-6-10-18(11-7-16)26-21(28)15-32-22(29)5-3-4-20(27)25-19-12-8-17(24)9-13-19/h6-13H,2-5,14-15H2,1H3,(H,25,27)(H,26,28). The van der Waals surface area contributed by atoms with Gasteiger partial charge in [0.2, 0.25) is 5.91 Å². The minimum atomic E-state index is -0.575. The number of hydrogen-bond acceptors (Lipinski definition) is 6. The van der Waals surface area contributed by atoms with E-state index in [2.05, 4.69) is 10.6 Å². The molecule has 170 valence electrons. The van der Waals surface area contributed by atoms with Gasteiger partial charge >= 0.3 is 11.9 Å². The maximum Gasteiger partial charge on any atom is 0.338 e. The molecule has 0 spiro atoms. The molecule has 0 heterocycles. The summed E-state index contributed by atoms with van der Waals surface area (Å²) in [6, 6.07) is 12.9. The number of ether oxygens (including phenoxy) is 2. The van der Waals surface area contributed by atoms with Crippen LogP contribution in [0.1, 0.15) is 43.0 Å². The van der Waals surface area contributed by atoms with Crippen LogP contribution >= 0.6 is 11.6 Å². The largest absolute Gasteiger partial charge is 0.462 e. The molecule has 0 unspecified atom stereocenters. The van der Waals surface area contributed by atoms with Gasteiger partial charge in [-0.3, -0.25) is 14.4 Å². The van der Waals surface area contributed by atoms with Crippen molar-refractivity contribution >= 4 is 46.7 Å². The molecule has 2 rings (SSSR count). The fourth-order valence-corrected chi connectivity index (χ4v) is 2.66. The van der Waals surface area contributed by atoms with Crippen LogP contribution in [0.5, 0.6) is 0 Å². The van der Waals surface area contributed by atoms with Crippen LogP contribution in [0.15, 0.2) is 48.5 Å². The van der Waals surface area contributed by atoms with Crippen molar-refractivity contribution in [2.45, 2.75) is 32.6 Å². The first-order chi connectivity index (χ1) is 15.4. The smallest absolute Gasteiger partial charge is 0.338 e. The van der Waals surface area contributed by atoms with Gasteiger partial charge in [0.25, 0.3) is 5.91 Å². The highest BCUT2D eigenvalue weighted by Gasteiger charge is 2.11. The molecule has 9 heteroatoms. The molecule has 0 aliphatic carbocycles. The maximum absolute atomic E-state index is 11.9. The van der Waals surface area contributed by atoms with Crippen LogP contribution in [-0.2, 0) is 23.9 Å². The van der Waals surface area contributed by atoms with E-state index < -0.39 is 24.5 Å². The average molecular weight is 461 g/mol. The Morgan fingerprint density at radius 3 is 2.03 bits per heavy atom. The van der Waals surface area contributed by atoms with Crippen molar-refractivity contribution in [2.75, 3.05) is 23.8 Å². The molecule has 8 nitrogen and oxygen atoms in total. The Morgan fingerprint density at radius 1 is 0.812 bits per heavy atom. The van der Waals surface area contributed by atoms with Gasteiger partial charge in [0, 0.05) is 29.2 Å². The van der Waals surface area contributed by atoms with E-state index >= 15 is 0 Å². The Bertz CT molecular complexity index is 929. The first kappa shape index (κ1) is 24.9. The number of carbonyl (C=O) groups is 4. The molecule has 0 aromatic heterocycles. The van der Waals surface area contributed by atoms with Crippen molar-refractivity contribution in [1.82, 2.24) is 0 Å². The van der Waals surface area contributed by atoms with Crippen molar-refractivity contribution in [1.29, 1.82) is 0 Å². The average Bonchev–Trinajstić information content (AvgIpc) is 2.78. The van der Waals surface area contributed by atoms with Gasteiger partial charge in [-0.05, 0) is 61.4 Å². The number of rotatable bonds is 11. The quantitative estimate of drug-likeness (QED) is 0.486. The molecule has 2 N–H and O–H groups in total. The Kier molecular flexibility index (Phi) is 10.2. The minimum absolute atomic E-state index is 0.00981. The van der Waals surface area contributed by atoms with E-state index in [0.29, 0.717) is 28.6 Å². The van der Waals surface area contributed by atoms with Crippen LogP contribution in [0.2, 0.25) is 5.02 Å². The highest BCUT2D eigenvalue weighted by atomic mass is 35.5. The summed E-state index contributed by atoms with van der Waals surface area (Å²) < 4.78 is 9.95. The SMILES string of the molecule is CCCOC(=O)c1ccc(NC(=O)COC(=O)CCCC(=O)Nc2ccc(Cl)cc2)cc1. The van der Waals surface area contributed by atoms with Crippen molar-refractivity contribution in [3.63, 3.8) is 0 Å². The molecule has 0 bridgehead atoms. The monoisotopic (exact) mass is 460 g/mol. The second-order valence-electron chi connectivity index (χ2n) is 6.83. The number of hydrogen-bond donors (Lipinski definition) is 2. The molecule has 0 fully saturated rings. The van der Waals surface area contributed by atoms with Crippen LogP contribution < -0.4 is 10.6 Å². The first-order valence-electron chi connectivity index (χ1n) is 10.2. The minimum Gasteiger partial charge on any atom is -0.462 e. The number of anilines is 2. The summed E-state index contributed by atoms with van der Waals surface area (Å²) in [6.07, 6.45) is 1.16. The van der Waals surface area contributed by atoms with Crippen LogP contribution in [0.25, 0.3) is 0 Å². The molecule has 0 atom stereocenters. The summed E-state index contributed by atoms with van der Waals surface area (Å²) in [7, 11) is 0. The van der Waals surface area contributed by atoms with Crippen LogP contribution in [-0.4, -0.2) is 37.0 Å². The van der Waals surface area contributed by atoms with Gasteiger partial charge in [-0.1, -0.05) is 18.5 Å². The second kappa shape index (κ2) is 13.1. The summed E-state index contributed by atoms with van der Waals surface area (Å²) in [5, 5.41) is 5.84.